The molecule has 2 N–H and O–H groups in total. The molecule has 0 heterocycles. The first-order valence-corrected chi connectivity index (χ1v) is 8.02. The van der Waals surface area contributed by atoms with Gasteiger partial charge < -0.3 is 5.73 Å². The Kier molecular flexibility index (Phi) is 5.29. The summed E-state index contributed by atoms with van der Waals surface area (Å²) in [5.74, 6) is 0.214. The molecule has 2 aromatic rings. The Morgan fingerprint density at radius 1 is 1.05 bits per heavy atom. The van der Waals surface area contributed by atoms with E-state index in [0.717, 1.165) is 5.56 Å². The van der Waals surface area contributed by atoms with Crippen molar-refractivity contribution in [1.29, 1.82) is 0 Å². The summed E-state index contributed by atoms with van der Waals surface area (Å²) in [6, 6.07) is 12.2. The molecule has 0 amide bonds. The van der Waals surface area contributed by atoms with Crippen molar-refractivity contribution in [2.24, 2.45) is 5.73 Å². The van der Waals surface area contributed by atoms with Crippen molar-refractivity contribution in [3.05, 3.63) is 70.0 Å². The van der Waals surface area contributed by atoms with Gasteiger partial charge in [0.25, 0.3) is 0 Å². The van der Waals surface area contributed by atoms with Crippen molar-refractivity contribution < 1.29 is 8.60 Å². The second kappa shape index (κ2) is 6.97. The summed E-state index contributed by atoms with van der Waals surface area (Å²) in [7, 11) is -1.17. The first-order valence-electron chi connectivity index (χ1n) is 6.16. The lowest BCUT2D eigenvalue weighted by molar-refractivity contribution is 0.598. The van der Waals surface area contributed by atoms with Gasteiger partial charge in [-0.2, -0.15) is 0 Å². The number of rotatable bonds is 5. The Bertz CT molecular complexity index is 616. The number of hydrogen-bond acceptors (Lipinski definition) is 2. The Hall–Kier alpha value is -1.23. The van der Waals surface area contributed by atoms with Crippen molar-refractivity contribution >= 4 is 22.4 Å². The molecule has 0 fully saturated rings. The van der Waals surface area contributed by atoms with E-state index in [1.165, 1.54) is 0 Å². The van der Waals surface area contributed by atoms with Crippen LogP contribution in [0.25, 0.3) is 0 Å². The van der Waals surface area contributed by atoms with Crippen molar-refractivity contribution in [2.45, 2.75) is 18.1 Å². The van der Waals surface area contributed by atoms with E-state index in [0.29, 0.717) is 21.9 Å². The summed E-state index contributed by atoms with van der Waals surface area (Å²) in [6.07, 6.45) is 0. The van der Waals surface area contributed by atoms with Gasteiger partial charge in [-0.3, -0.25) is 4.21 Å². The quantitative estimate of drug-likeness (QED) is 0.920. The van der Waals surface area contributed by atoms with E-state index in [2.05, 4.69) is 0 Å². The SMILES string of the molecule is NCc1cccc(CS(=O)Cc2ccc(Cl)cc2)c1F. The zero-order valence-electron chi connectivity index (χ0n) is 10.8. The first kappa shape index (κ1) is 15.2. The molecule has 106 valence electrons. The van der Waals surface area contributed by atoms with Gasteiger partial charge in [0.05, 0.1) is 5.75 Å². The summed E-state index contributed by atoms with van der Waals surface area (Å²) in [5, 5.41) is 0.640. The lowest BCUT2D eigenvalue weighted by Crippen LogP contribution is -2.06. The minimum absolute atomic E-state index is 0.142. The molecule has 2 nitrogen and oxygen atoms in total. The van der Waals surface area contributed by atoms with Crippen LogP contribution in [0, 0.1) is 5.82 Å². The lowest BCUT2D eigenvalue weighted by Gasteiger charge is -2.07. The third-order valence-electron chi connectivity index (χ3n) is 2.94. The van der Waals surface area contributed by atoms with Gasteiger partial charge in [-0.05, 0) is 17.7 Å². The standard InChI is InChI=1S/C15H15ClFNOS/c16-14-6-4-11(5-7-14)9-20(19)10-13-3-1-2-12(8-18)15(13)17/h1-7H,8-10,18H2. The highest BCUT2D eigenvalue weighted by Gasteiger charge is 2.10. The van der Waals surface area contributed by atoms with E-state index >= 15 is 0 Å². The average Bonchev–Trinajstić information content (AvgIpc) is 2.44. The monoisotopic (exact) mass is 311 g/mol. The van der Waals surface area contributed by atoms with E-state index in [1.54, 1.807) is 30.3 Å². The lowest BCUT2D eigenvalue weighted by atomic mass is 10.1. The van der Waals surface area contributed by atoms with Gasteiger partial charge >= 0.3 is 0 Å². The van der Waals surface area contributed by atoms with Crippen LogP contribution in [0.3, 0.4) is 0 Å². The smallest absolute Gasteiger partial charge is 0.131 e. The third kappa shape index (κ3) is 3.88. The van der Waals surface area contributed by atoms with Crippen LogP contribution in [0.5, 0.6) is 0 Å². The fourth-order valence-corrected chi connectivity index (χ4v) is 3.26. The molecule has 0 spiro atoms. The van der Waals surface area contributed by atoms with E-state index in [1.807, 2.05) is 12.1 Å². The van der Waals surface area contributed by atoms with Crippen LogP contribution in [-0.2, 0) is 28.9 Å². The summed E-state index contributed by atoms with van der Waals surface area (Å²) in [5.41, 5.74) is 7.27. The summed E-state index contributed by atoms with van der Waals surface area (Å²) >= 11 is 5.79. The maximum Gasteiger partial charge on any atom is 0.131 e. The molecule has 2 rings (SSSR count). The summed E-state index contributed by atoms with van der Waals surface area (Å²) in [6.45, 7) is 0.142. The van der Waals surface area contributed by atoms with Crippen molar-refractivity contribution in [3.63, 3.8) is 0 Å². The number of hydrogen-bond donors (Lipinski definition) is 1. The second-order valence-corrected chi connectivity index (χ2v) is 6.34. The summed E-state index contributed by atoms with van der Waals surface area (Å²) < 4.78 is 26.1. The highest BCUT2D eigenvalue weighted by molar-refractivity contribution is 7.83. The predicted molar refractivity (Wildman–Crippen MR) is 81.3 cm³/mol. The second-order valence-electron chi connectivity index (χ2n) is 4.45. The first-order chi connectivity index (χ1) is 9.60. The fraction of sp³-hybridized carbons (Fsp3) is 0.200. The van der Waals surface area contributed by atoms with E-state index in [9.17, 15) is 8.60 Å². The Labute approximate surface area is 125 Å². The normalized spacial score (nSPS) is 12.3. The Morgan fingerprint density at radius 3 is 2.35 bits per heavy atom. The largest absolute Gasteiger partial charge is 0.326 e. The van der Waals surface area contributed by atoms with Gasteiger partial charge in [-0.25, -0.2) is 4.39 Å². The molecular formula is C15H15ClFNOS. The van der Waals surface area contributed by atoms with Crippen molar-refractivity contribution in [2.75, 3.05) is 0 Å². The maximum atomic E-state index is 14.0. The molecule has 0 bridgehead atoms. The Morgan fingerprint density at radius 2 is 1.70 bits per heavy atom. The molecule has 2 aromatic carbocycles. The molecule has 20 heavy (non-hydrogen) atoms. The Balaban J connectivity index is 2.06. The number of halogens is 2. The third-order valence-corrected chi connectivity index (χ3v) is 4.48. The minimum atomic E-state index is -1.17. The van der Waals surface area contributed by atoms with Gasteiger partial charge in [-0.15, -0.1) is 0 Å². The molecular weight excluding hydrogens is 297 g/mol. The molecule has 0 aromatic heterocycles. The molecule has 0 saturated heterocycles. The zero-order valence-corrected chi connectivity index (χ0v) is 12.4. The van der Waals surface area contributed by atoms with Crippen LogP contribution < -0.4 is 5.73 Å². The molecule has 0 aliphatic carbocycles. The van der Waals surface area contributed by atoms with Gasteiger partial charge in [0.15, 0.2) is 0 Å². The van der Waals surface area contributed by atoms with Gasteiger partial charge in [-0.1, -0.05) is 41.9 Å². The topological polar surface area (TPSA) is 43.1 Å². The van der Waals surface area contributed by atoms with E-state index in [4.69, 9.17) is 17.3 Å². The maximum absolute atomic E-state index is 14.0. The molecule has 0 radical (unpaired) electrons. The molecule has 0 aliphatic rings. The predicted octanol–water partition coefficient (Wildman–Crippen LogP) is 3.39. The van der Waals surface area contributed by atoms with Gasteiger partial charge in [0, 0.05) is 39.2 Å². The number of nitrogens with two attached hydrogens (primary N) is 1. The highest BCUT2D eigenvalue weighted by Crippen LogP contribution is 2.17. The van der Waals surface area contributed by atoms with Crippen LogP contribution >= 0.6 is 11.6 Å². The van der Waals surface area contributed by atoms with Crippen molar-refractivity contribution in [3.8, 4) is 0 Å². The fourth-order valence-electron chi connectivity index (χ4n) is 1.89. The van der Waals surface area contributed by atoms with Crippen LogP contribution in [0.4, 0.5) is 4.39 Å². The summed E-state index contributed by atoms with van der Waals surface area (Å²) in [4.78, 5) is 0. The minimum Gasteiger partial charge on any atom is -0.326 e. The molecule has 5 heteroatoms. The van der Waals surface area contributed by atoms with Crippen LogP contribution in [-0.4, -0.2) is 4.21 Å². The highest BCUT2D eigenvalue weighted by atomic mass is 35.5. The van der Waals surface area contributed by atoms with Crippen LogP contribution in [0.15, 0.2) is 42.5 Å². The van der Waals surface area contributed by atoms with Gasteiger partial charge in [0.2, 0.25) is 0 Å². The molecule has 1 atom stereocenters. The number of benzene rings is 2. The molecule has 1 unspecified atom stereocenters. The van der Waals surface area contributed by atoms with Crippen molar-refractivity contribution in [1.82, 2.24) is 0 Å². The molecule has 0 saturated carbocycles. The van der Waals surface area contributed by atoms with Crippen LogP contribution in [0.2, 0.25) is 5.02 Å². The zero-order chi connectivity index (χ0) is 14.5. The average molecular weight is 312 g/mol. The molecule has 0 aliphatic heterocycles. The van der Waals surface area contributed by atoms with E-state index in [-0.39, 0.29) is 18.1 Å². The van der Waals surface area contributed by atoms with Crippen LogP contribution in [0.1, 0.15) is 16.7 Å². The van der Waals surface area contributed by atoms with E-state index < -0.39 is 10.8 Å². The van der Waals surface area contributed by atoms with Gasteiger partial charge in [0.1, 0.15) is 5.82 Å².